The highest BCUT2D eigenvalue weighted by molar-refractivity contribution is 5.33. The number of alkyl halides is 1. The fourth-order valence-corrected chi connectivity index (χ4v) is 2.41. The summed E-state index contributed by atoms with van der Waals surface area (Å²) >= 11 is 0. The molecule has 0 atom stereocenters. The van der Waals surface area contributed by atoms with Crippen LogP contribution < -0.4 is 5.73 Å². The van der Waals surface area contributed by atoms with Crippen LogP contribution in [0.25, 0.3) is 0 Å². The van der Waals surface area contributed by atoms with Crippen LogP contribution in [0.4, 0.5) is 4.39 Å². The first-order valence-electron chi connectivity index (χ1n) is 6.03. The molecule has 2 rings (SSSR count). The minimum absolute atomic E-state index is 0.190. The number of benzene rings is 1. The minimum atomic E-state index is -1.14. The van der Waals surface area contributed by atoms with Gasteiger partial charge in [-0.2, -0.15) is 0 Å². The molecule has 0 bridgehead atoms. The molecule has 0 aliphatic heterocycles. The molecule has 1 saturated carbocycles. The van der Waals surface area contributed by atoms with Gasteiger partial charge < -0.3 is 5.73 Å². The van der Waals surface area contributed by atoms with Crippen molar-refractivity contribution < 1.29 is 4.39 Å². The average Bonchev–Trinajstić information content (AvgIpc) is 2.26. The van der Waals surface area contributed by atoms with Gasteiger partial charge in [0.05, 0.1) is 0 Å². The van der Waals surface area contributed by atoms with Crippen LogP contribution in [0.15, 0.2) is 18.2 Å². The van der Waals surface area contributed by atoms with Gasteiger partial charge in [0.2, 0.25) is 0 Å². The van der Waals surface area contributed by atoms with E-state index in [4.69, 9.17) is 5.73 Å². The lowest BCUT2D eigenvalue weighted by Crippen LogP contribution is -2.34. The number of rotatable bonds is 1. The summed E-state index contributed by atoms with van der Waals surface area (Å²) in [7, 11) is 0. The molecule has 1 fully saturated rings. The van der Waals surface area contributed by atoms with Crippen molar-refractivity contribution in [3.8, 4) is 0 Å². The SMILES string of the molecule is Cc1ccc(C2(F)CCC(N)CC2)cc1C. The van der Waals surface area contributed by atoms with Gasteiger partial charge in [0.25, 0.3) is 0 Å². The fourth-order valence-electron chi connectivity index (χ4n) is 2.41. The second-order valence-corrected chi connectivity index (χ2v) is 5.10. The standard InChI is InChI=1S/C14H20FN/c1-10-3-4-12(9-11(10)2)14(15)7-5-13(16)6-8-14/h3-4,9,13H,5-8,16H2,1-2H3. The van der Waals surface area contributed by atoms with Crippen molar-refractivity contribution in [2.75, 3.05) is 0 Å². The summed E-state index contributed by atoms with van der Waals surface area (Å²) in [5.41, 5.74) is 7.91. The highest BCUT2D eigenvalue weighted by Gasteiger charge is 2.35. The number of halogens is 1. The maximum atomic E-state index is 14.7. The highest BCUT2D eigenvalue weighted by atomic mass is 19.1. The third-order valence-corrected chi connectivity index (χ3v) is 3.85. The number of hydrogen-bond acceptors (Lipinski definition) is 1. The normalized spacial score (nSPS) is 30.4. The van der Waals surface area contributed by atoms with Crippen molar-refractivity contribution in [3.05, 3.63) is 34.9 Å². The Balaban J connectivity index is 2.25. The van der Waals surface area contributed by atoms with E-state index in [0.29, 0.717) is 12.8 Å². The molecule has 16 heavy (non-hydrogen) atoms. The van der Waals surface area contributed by atoms with Gasteiger partial charge in [-0.1, -0.05) is 18.2 Å². The van der Waals surface area contributed by atoms with E-state index in [1.54, 1.807) is 0 Å². The van der Waals surface area contributed by atoms with Gasteiger partial charge in [-0.15, -0.1) is 0 Å². The lowest BCUT2D eigenvalue weighted by atomic mass is 9.79. The Morgan fingerprint density at radius 2 is 1.81 bits per heavy atom. The molecule has 1 aliphatic carbocycles. The summed E-state index contributed by atoms with van der Waals surface area (Å²) in [6.07, 6.45) is 2.72. The van der Waals surface area contributed by atoms with Crippen molar-refractivity contribution in [3.63, 3.8) is 0 Å². The number of nitrogens with two attached hydrogens (primary N) is 1. The van der Waals surface area contributed by atoms with E-state index < -0.39 is 5.67 Å². The van der Waals surface area contributed by atoms with Crippen LogP contribution in [0.1, 0.15) is 42.4 Å². The van der Waals surface area contributed by atoms with Crippen LogP contribution >= 0.6 is 0 Å². The van der Waals surface area contributed by atoms with Crippen LogP contribution in [0.3, 0.4) is 0 Å². The fraction of sp³-hybridized carbons (Fsp3) is 0.571. The monoisotopic (exact) mass is 221 g/mol. The predicted molar refractivity (Wildman–Crippen MR) is 65.1 cm³/mol. The molecule has 0 amide bonds. The first-order valence-corrected chi connectivity index (χ1v) is 6.03. The van der Waals surface area contributed by atoms with Crippen LogP contribution in [0.2, 0.25) is 0 Å². The van der Waals surface area contributed by atoms with E-state index >= 15 is 0 Å². The van der Waals surface area contributed by atoms with Crippen molar-refractivity contribution >= 4 is 0 Å². The second kappa shape index (κ2) is 4.17. The Morgan fingerprint density at radius 3 is 2.38 bits per heavy atom. The molecular weight excluding hydrogens is 201 g/mol. The van der Waals surface area contributed by atoms with Crippen molar-refractivity contribution in [2.24, 2.45) is 5.73 Å². The molecule has 0 unspecified atom stereocenters. The largest absolute Gasteiger partial charge is 0.328 e. The van der Waals surface area contributed by atoms with Gasteiger partial charge in [-0.05, 0) is 56.2 Å². The Morgan fingerprint density at radius 1 is 1.19 bits per heavy atom. The zero-order valence-electron chi connectivity index (χ0n) is 10.1. The number of aryl methyl sites for hydroxylation is 2. The topological polar surface area (TPSA) is 26.0 Å². The maximum Gasteiger partial charge on any atom is 0.136 e. The Hall–Kier alpha value is -0.890. The first kappa shape index (κ1) is 11.6. The molecule has 2 N–H and O–H groups in total. The van der Waals surface area contributed by atoms with Gasteiger partial charge in [0.1, 0.15) is 5.67 Å². The molecular formula is C14H20FN. The van der Waals surface area contributed by atoms with Crippen molar-refractivity contribution in [1.29, 1.82) is 0 Å². The van der Waals surface area contributed by atoms with Crippen LogP contribution in [-0.4, -0.2) is 6.04 Å². The Labute approximate surface area is 96.9 Å². The molecule has 88 valence electrons. The average molecular weight is 221 g/mol. The van der Waals surface area contributed by atoms with E-state index in [1.165, 1.54) is 11.1 Å². The quantitative estimate of drug-likeness (QED) is 0.773. The van der Waals surface area contributed by atoms with Crippen LogP contribution in [0, 0.1) is 13.8 Å². The van der Waals surface area contributed by atoms with E-state index in [1.807, 2.05) is 25.1 Å². The summed E-state index contributed by atoms with van der Waals surface area (Å²) in [5.74, 6) is 0. The van der Waals surface area contributed by atoms with Gasteiger partial charge >= 0.3 is 0 Å². The molecule has 0 spiro atoms. The summed E-state index contributed by atoms with van der Waals surface area (Å²) in [4.78, 5) is 0. The first-order chi connectivity index (χ1) is 7.51. The molecule has 1 aliphatic rings. The molecule has 2 heteroatoms. The zero-order chi connectivity index (χ0) is 11.8. The maximum absolute atomic E-state index is 14.7. The van der Waals surface area contributed by atoms with E-state index in [0.717, 1.165) is 18.4 Å². The smallest absolute Gasteiger partial charge is 0.136 e. The molecule has 1 aromatic carbocycles. The Bertz CT molecular complexity index is 378. The summed E-state index contributed by atoms with van der Waals surface area (Å²) in [5, 5.41) is 0. The number of hydrogen-bond donors (Lipinski definition) is 1. The van der Waals surface area contributed by atoms with Crippen LogP contribution in [-0.2, 0) is 5.67 Å². The van der Waals surface area contributed by atoms with Crippen LogP contribution in [0.5, 0.6) is 0 Å². The molecule has 1 aromatic rings. The lowest BCUT2D eigenvalue weighted by Gasteiger charge is -2.33. The summed E-state index contributed by atoms with van der Waals surface area (Å²) < 4.78 is 14.7. The third-order valence-electron chi connectivity index (χ3n) is 3.85. The van der Waals surface area contributed by atoms with Gasteiger partial charge in [0, 0.05) is 6.04 Å². The summed E-state index contributed by atoms with van der Waals surface area (Å²) in [6, 6.07) is 6.13. The highest BCUT2D eigenvalue weighted by Crippen LogP contribution is 2.40. The molecule has 0 radical (unpaired) electrons. The lowest BCUT2D eigenvalue weighted by molar-refractivity contribution is 0.0978. The molecule has 0 saturated heterocycles. The molecule has 1 nitrogen and oxygen atoms in total. The summed E-state index contributed by atoms with van der Waals surface area (Å²) in [6.45, 7) is 4.09. The van der Waals surface area contributed by atoms with Gasteiger partial charge in [-0.25, -0.2) is 4.39 Å². The minimum Gasteiger partial charge on any atom is -0.328 e. The third kappa shape index (κ3) is 2.12. The zero-order valence-corrected chi connectivity index (χ0v) is 10.1. The van der Waals surface area contributed by atoms with E-state index in [-0.39, 0.29) is 6.04 Å². The van der Waals surface area contributed by atoms with E-state index in [9.17, 15) is 4.39 Å². The van der Waals surface area contributed by atoms with Gasteiger partial charge in [0.15, 0.2) is 0 Å². The van der Waals surface area contributed by atoms with Crippen molar-refractivity contribution in [2.45, 2.75) is 51.2 Å². The van der Waals surface area contributed by atoms with Gasteiger partial charge in [-0.3, -0.25) is 0 Å². The second-order valence-electron chi connectivity index (χ2n) is 5.10. The molecule has 0 heterocycles. The predicted octanol–water partition coefficient (Wildman–Crippen LogP) is 3.37. The van der Waals surface area contributed by atoms with Crippen molar-refractivity contribution in [1.82, 2.24) is 0 Å². The molecule has 0 aromatic heterocycles. The van der Waals surface area contributed by atoms with E-state index in [2.05, 4.69) is 6.92 Å². The Kier molecular flexibility index (Phi) is 3.02.